The van der Waals surface area contributed by atoms with E-state index in [-0.39, 0.29) is 58.0 Å². The number of hydrogen-bond donors (Lipinski definition) is 3. The maximum absolute atomic E-state index is 14.1. The van der Waals surface area contributed by atoms with Crippen molar-refractivity contribution in [2.24, 2.45) is 29.6 Å². The molecule has 2 saturated carbocycles. The van der Waals surface area contributed by atoms with Crippen molar-refractivity contribution in [3.8, 4) is 17.2 Å². The van der Waals surface area contributed by atoms with E-state index in [9.17, 15) is 24.3 Å². The molecule has 4 aromatic rings. The maximum Gasteiger partial charge on any atom is 0.305 e. The van der Waals surface area contributed by atoms with Gasteiger partial charge in [0.2, 0.25) is 11.8 Å². The monoisotopic (exact) mass is 689 g/mol. The smallest absolute Gasteiger partial charge is 0.305 e. The summed E-state index contributed by atoms with van der Waals surface area (Å²) in [7, 11) is 1.56. The molecule has 3 fully saturated rings. The molecule has 13 heteroatoms. The number of fused-ring (bicyclic) bond motifs is 9. The number of carbonyl (C=O) groups excluding carboxylic acids is 3. The highest BCUT2D eigenvalue weighted by Gasteiger charge is 2.69. The number of methoxy groups -OCH3 is 1. The zero-order valence-electron chi connectivity index (χ0n) is 24.8. The molecule has 47 heavy (non-hydrogen) atoms. The van der Waals surface area contributed by atoms with Crippen molar-refractivity contribution in [1.29, 1.82) is 0 Å². The van der Waals surface area contributed by atoms with Crippen molar-refractivity contribution in [2.45, 2.75) is 22.6 Å². The molecule has 3 aromatic carbocycles. The predicted molar refractivity (Wildman–Crippen MR) is 178 cm³/mol. The zero-order valence-corrected chi connectivity index (χ0v) is 27.2. The number of imide groups is 1. The van der Waals surface area contributed by atoms with Crippen LogP contribution in [0.4, 0.5) is 11.4 Å². The number of phenols is 1. The summed E-state index contributed by atoms with van der Waals surface area (Å²) in [6, 6.07) is 18.3. The Bertz CT molecular complexity index is 1980. The number of aromatic nitrogens is 1. The third kappa shape index (κ3) is 4.92. The lowest BCUT2D eigenvalue weighted by molar-refractivity contribution is -0.123. The number of amides is 3. The van der Waals surface area contributed by atoms with Crippen LogP contribution < -0.4 is 24.6 Å². The van der Waals surface area contributed by atoms with Crippen LogP contribution in [-0.2, 0) is 14.4 Å². The van der Waals surface area contributed by atoms with Gasteiger partial charge in [0, 0.05) is 32.3 Å². The van der Waals surface area contributed by atoms with Crippen LogP contribution >= 0.6 is 34.7 Å². The molecule has 3 N–H and O–H groups in total. The van der Waals surface area contributed by atoms with Crippen LogP contribution in [0.25, 0.3) is 0 Å². The Morgan fingerprint density at radius 3 is 2.47 bits per heavy atom. The summed E-state index contributed by atoms with van der Waals surface area (Å²) in [4.78, 5) is 58.6. The Kier molecular flexibility index (Phi) is 7.34. The van der Waals surface area contributed by atoms with Crippen molar-refractivity contribution >= 4 is 63.8 Å². The van der Waals surface area contributed by atoms with Crippen molar-refractivity contribution < 1.29 is 29.0 Å². The number of ether oxygens (including phenoxy) is 2. The Labute approximate surface area is 282 Å². The van der Waals surface area contributed by atoms with Gasteiger partial charge in [-0.25, -0.2) is 0 Å². The Hall–Kier alpha value is -4.26. The number of thioether (sulfide) groups is 1. The molecule has 3 amide bonds. The molecule has 4 aliphatic rings. The van der Waals surface area contributed by atoms with Crippen LogP contribution in [0.2, 0.25) is 5.02 Å². The van der Waals surface area contributed by atoms with Crippen LogP contribution in [0.15, 0.2) is 76.6 Å². The summed E-state index contributed by atoms with van der Waals surface area (Å²) >= 11 is 9.30. The molecule has 2 aliphatic heterocycles. The van der Waals surface area contributed by atoms with Gasteiger partial charge >= 0.3 is 4.87 Å². The minimum Gasteiger partial charge on any atom is -0.508 e. The average molecular weight is 690 g/mol. The van der Waals surface area contributed by atoms with E-state index >= 15 is 0 Å². The molecule has 1 saturated heterocycles. The number of halogens is 1. The summed E-state index contributed by atoms with van der Waals surface area (Å²) in [6.07, 6.45) is 0.729. The number of hydrogen-bond acceptors (Lipinski definition) is 9. The van der Waals surface area contributed by atoms with Crippen LogP contribution in [0.5, 0.6) is 17.2 Å². The first-order valence-electron chi connectivity index (χ1n) is 15.1. The molecule has 0 radical (unpaired) electrons. The van der Waals surface area contributed by atoms with E-state index in [0.717, 1.165) is 33.2 Å². The number of H-pyrrole nitrogens is 1. The molecule has 3 heterocycles. The van der Waals surface area contributed by atoms with E-state index in [1.54, 1.807) is 67.4 Å². The highest BCUT2D eigenvalue weighted by Crippen LogP contribution is 2.69. The number of thiazole rings is 1. The largest absolute Gasteiger partial charge is 0.508 e. The molecular formula is C34H28ClN3O7S2. The number of carbonyl (C=O) groups is 3. The molecule has 1 aromatic heterocycles. The molecule has 7 atom stereocenters. The quantitative estimate of drug-likeness (QED) is 0.171. The minimum atomic E-state index is -0.476. The summed E-state index contributed by atoms with van der Waals surface area (Å²) in [5.41, 5.74) is 1.77. The lowest BCUT2D eigenvalue weighted by Crippen LogP contribution is -2.42. The molecule has 10 nitrogen and oxygen atoms in total. The molecular weight excluding hydrogens is 662 g/mol. The molecule has 4 unspecified atom stereocenters. The summed E-state index contributed by atoms with van der Waals surface area (Å²) in [5, 5.41) is 13.5. The second kappa shape index (κ2) is 11.5. The number of rotatable bonds is 7. The highest BCUT2D eigenvalue weighted by molar-refractivity contribution is 8.00. The second-order valence-corrected chi connectivity index (χ2v) is 14.9. The SMILES string of the molecule is COc1ccc(N2C(=O)C3C(C2=O)[C@@H]2C[C@H]3C3Sc4[nH]c(=O)sc4[C@H](c4cc(Cl)ccc4OCC(=O)Nc4ccc(O)cc4)C32)cc1. The Morgan fingerprint density at radius 1 is 1.02 bits per heavy atom. The predicted octanol–water partition coefficient (Wildman–Crippen LogP) is 5.50. The van der Waals surface area contributed by atoms with Crippen LogP contribution in [0.1, 0.15) is 22.8 Å². The van der Waals surface area contributed by atoms with Crippen molar-refractivity contribution in [3.63, 3.8) is 0 Å². The van der Waals surface area contributed by atoms with Gasteiger partial charge in [0.1, 0.15) is 17.2 Å². The van der Waals surface area contributed by atoms with Crippen molar-refractivity contribution in [3.05, 3.63) is 91.9 Å². The third-order valence-electron chi connectivity index (χ3n) is 9.87. The number of anilines is 2. The molecule has 2 bridgehead atoms. The van der Waals surface area contributed by atoms with E-state index in [4.69, 9.17) is 21.1 Å². The van der Waals surface area contributed by atoms with Gasteiger partial charge in [-0.2, -0.15) is 0 Å². The fraction of sp³-hybridized carbons (Fsp3) is 0.294. The zero-order chi connectivity index (χ0) is 32.6. The fourth-order valence-corrected chi connectivity index (χ4v) is 11.2. The molecule has 240 valence electrons. The van der Waals surface area contributed by atoms with E-state index in [2.05, 4.69) is 10.3 Å². The van der Waals surface area contributed by atoms with E-state index < -0.39 is 17.7 Å². The number of aromatic amines is 1. The number of phenolic OH excluding ortho intramolecular Hbond substituents is 1. The summed E-state index contributed by atoms with van der Waals surface area (Å²) < 4.78 is 11.4. The minimum absolute atomic E-state index is 0.0267. The Morgan fingerprint density at radius 2 is 1.74 bits per heavy atom. The summed E-state index contributed by atoms with van der Waals surface area (Å²) in [6.45, 7) is -0.290. The normalized spacial score (nSPS) is 26.9. The summed E-state index contributed by atoms with van der Waals surface area (Å²) in [5.74, 6) is -1.09. The van der Waals surface area contributed by atoms with Gasteiger partial charge in [-0.3, -0.25) is 24.1 Å². The number of nitrogens with one attached hydrogen (secondary N) is 2. The molecule has 8 rings (SSSR count). The van der Waals surface area contributed by atoms with Gasteiger partial charge in [0.25, 0.3) is 5.91 Å². The lowest BCUT2D eigenvalue weighted by atomic mass is 9.68. The van der Waals surface area contributed by atoms with Crippen LogP contribution in [-0.4, -0.2) is 46.8 Å². The average Bonchev–Trinajstić information content (AvgIpc) is 3.80. The first-order chi connectivity index (χ1) is 22.7. The van der Waals surface area contributed by atoms with Gasteiger partial charge in [-0.15, -0.1) is 11.8 Å². The van der Waals surface area contributed by atoms with Crippen LogP contribution in [0.3, 0.4) is 0 Å². The first kappa shape index (κ1) is 30.1. The molecule has 2 aliphatic carbocycles. The van der Waals surface area contributed by atoms with Gasteiger partial charge in [-0.05, 0) is 90.9 Å². The van der Waals surface area contributed by atoms with E-state index in [1.807, 2.05) is 6.07 Å². The maximum atomic E-state index is 14.1. The molecule has 0 spiro atoms. The van der Waals surface area contributed by atoms with E-state index in [0.29, 0.717) is 27.9 Å². The fourth-order valence-electron chi connectivity index (χ4n) is 8.13. The highest BCUT2D eigenvalue weighted by atomic mass is 35.5. The lowest BCUT2D eigenvalue weighted by Gasteiger charge is -2.43. The number of nitrogens with zero attached hydrogens (tertiary/aromatic N) is 1. The van der Waals surface area contributed by atoms with Gasteiger partial charge in [0.05, 0.1) is 29.7 Å². The van der Waals surface area contributed by atoms with Crippen LogP contribution in [0, 0.1) is 29.6 Å². The van der Waals surface area contributed by atoms with Crippen molar-refractivity contribution in [2.75, 3.05) is 23.9 Å². The van der Waals surface area contributed by atoms with Gasteiger partial charge in [0.15, 0.2) is 6.61 Å². The standard InChI is InChI=1S/C34H28ClN3O7S2/c1-44-19-9-5-17(6-10-19)38-32(41)27-21-13-22(28(27)33(38)42)29-26(21)25(30-31(46-29)37-34(43)47-30)20-12-15(35)2-11-23(20)45-14-24(40)36-16-3-7-18(39)8-4-16/h2-12,21-22,25-29,39H,13-14H2,1H3,(H,36,40)(H,37,43)/t21-,22-,25-,26?,27?,28?,29?/m1/s1. The van der Waals surface area contributed by atoms with E-state index in [1.165, 1.54) is 17.0 Å². The Balaban J connectivity index is 1.13. The topological polar surface area (TPSA) is 138 Å². The van der Waals surface area contributed by atoms with Gasteiger partial charge in [-0.1, -0.05) is 22.9 Å². The second-order valence-electron chi connectivity index (χ2n) is 12.2. The number of aromatic hydroxyl groups is 1. The van der Waals surface area contributed by atoms with Gasteiger partial charge < -0.3 is 24.9 Å². The third-order valence-corrected chi connectivity index (χ3v) is 12.7. The number of benzene rings is 3. The first-order valence-corrected chi connectivity index (χ1v) is 17.2. The van der Waals surface area contributed by atoms with Crippen molar-refractivity contribution in [1.82, 2.24) is 4.98 Å².